The van der Waals surface area contributed by atoms with Crippen molar-refractivity contribution in [2.75, 3.05) is 117 Å². The van der Waals surface area contributed by atoms with Crippen molar-refractivity contribution in [1.29, 1.82) is 0 Å². The second-order valence-electron chi connectivity index (χ2n) is 29.2. The van der Waals surface area contributed by atoms with E-state index in [0.29, 0.717) is 82.5 Å². The van der Waals surface area contributed by atoms with Gasteiger partial charge in [-0.25, -0.2) is 58.6 Å². The molecule has 16 aromatic rings. The molecule has 0 bridgehead atoms. The van der Waals surface area contributed by atoms with Crippen LogP contribution < -0.4 is 40.9 Å². The summed E-state index contributed by atoms with van der Waals surface area (Å²) in [5.74, 6) is 6.10. The molecule has 0 aliphatic rings. The lowest BCUT2D eigenvalue weighted by molar-refractivity contribution is -0.143. The number of fused-ring (bicyclic) bond motifs is 5. The number of nitrogens with zero attached hydrogens (tertiary/aromatic N) is 15. The van der Waals surface area contributed by atoms with Gasteiger partial charge < -0.3 is 45.6 Å². The first-order valence-corrected chi connectivity index (χ1v) is 40.8. The zero-order valence-electron chi connectivity index (χ0n) is 70.4. The van der Waals surface area contributed by atoms with Gasteiger partial charge in [-0.1, -0.05) is 158 Å². The average molecular weight is 1650 g/mol. The maximum absolute atomic E-state index is 14.1. The first-order valence-electron chi connectivity index (χ1n) is 40.4. The van der Waals surface area contributed by atoms with E-state index in [-0.39, 0.29) is 23.5 Å². The number of nitrogens with one attached hydrogen (secondary N) is 2. The fraction of sp³-hybridized carbons (Fsp3) is 0.204. The number of carbonyl (C=O) groups is 2. The summed E-state index contributed by atoms with van der Waals surface area (Å²) in [5, 5.41) is 12.1. The number of anilines is 8. The Morgan fingerprint density at radius 2 is 0.721 bits per heavy atom. The molecule has 1 amide bonds. The molecule has 0 unspecified atom stereocenters. The van der Waals surface area contributed by atoms with E-state index in [1.807, 2.05) is 276 Å². The quantitative estimate of drug-likeness (QED) is 0.0306. The maximum Gasteiger partial charge on any atom is 0.305 e. The van der Waals surface area contributed by atoms with Crippen LogP contribution in [0.4, 0.5) is 54.9 Å². The van der Waals surface area contributed by atoms with Crippen molar-refractivity contribution in [2.24, 2.45) is 0 Å². The van der Waals surface area contributed by atoms with Crippen LogP contribution in [0.25, 0.3) is 111 Å². The average Bonchev–Trinajstić information content (AvgIpc) is 0.860. The van der Waals surface area contributed by atoms with E-state index in [1.165, 1.54) is 17.7 Å². The van der Waals surface area contributed by atoms with Gasteiger partial charge in [-0.3, -0.25) is 9.59 Å². The molecule has 0 spiro atoms. The standard InChI is InChI=1S/C25H30N4O3.C23H21ClN4.C18H18FN3.C16H14FN3.C16H16N4/c1-4-32-23(31)17-7-5-6-16-22(30)26-20-14-10-8-12-18(20)24-27-21-15-11-9-13-19(21)25(28-24)29(2)3;1-28(2)23-19-14-17(24)12-13-21(19)26-22(27-23)18-10-6-7-11-20(18)25-15-16-8-4-3-5-9-16;1-3-22(4-2)18-14-10-6-8-12-16(14)20-17(21-18)13-9-5-7-11-15(13)19;2*1-20(2)16-12-8-4-6-10-14(12)18-15(19-16)11-7-3-5-9-13(11)17/h8-15H,4-7,16-17H2,1-3H3,(H,26,30);3-14,25H,15H2,1-2H3;5-12H,3-4H2,1-2H3;3-10H,1-2H3;3-10H,17H2,1-2H3. The molecule has 0 radical (unpaired) electrons. The van der Waals surface area contributed by atoms with Gasteiger partial charge in [0.25, 0.3) is 0 Å². The van der Waals surface area contributed by atoms with Gasteiger partial charge in [0.1, 0.15) is 40.7 Å². The number of benzene rings is 11. The van der Waals surface area contributed by atoms with Crippen LogP contribution in [0.2, 0.25) is 5.02 Å². The molecule has 0 aliphatic carbocycles. The third-order valence-corrected chi connectivity index (χ3v) is 19.9. The minimum Gasteiger partial charge on any atom is -0.466 e. The van der Waals surface area contributed by atoms with E-state index in [2.05, 4.69) is 77.5 Å². The number of halogens is 3. The lowest BCUT2D eigenvalue weighted by Gasteiger charge is -2.22. The summed E-state index contributed by atoms with van der Waals surface area (Å²) < 4.78 is 32.9. The van der Waals surface area contributed by atoms with E-state index in [4.69, 9.17) is 42.0 Å². The predicted octanol–water partition coefficient (Wildman–Crippen LogP) is 21.2. The largest absolute Gasteiger partial charge is 0.466 e. The molecule has 24 heteroatoms. The molecule has 4 N–H and O–H groups in total. The fourth-order valence-corrected chi connectivity index (χ4v) is 13.8. The highest BCUT2D eigenvalue weighted by Gasteiger charge is 2.21. The molecule has 122 heavy (non-hydrogen) atoms. The minimum absolute atomic E-state index is 0.0674. The number of aromatic nitrogens is 10. The summed E-state index contributed by atoms with van der Waals surface area (Å²) in [6.07, 6.45) is 3.02. The Hall–Kier alpha value is -14.2. The van der Waals surface area contributed by atoms with Crippen molar-refractivity contribution in [2.45, 2.75) is 59.4 Å². The van der Waals surface area contributed by atoms with Crippen molar-refractivity contribution in [3.63, 3.8) is 0 Å². The number of amides is 1. The topological polar surface area (TPSA) is 239 Å². The van der Waals surface area contributed by atoms with Crippen LogP contribution >= 0.6 is 11.6 Å². The molecular formula is C98H99ClF2N18O3. The van der Waals surface area contributed by atoms with E-state index >= 15 is 0 Å². The number of ether oxygens (including phenoxy) is 1. The van der Waals surface area contributed by atoms with E-state index < -0.39 is 0 Å². The predicted molar refractivity (Wildman–Crippen MR) is 497 cm³/mol. The van der Waals surface area contributed by atoms with E-state index in [9.17, 15) is 18.4 Å². The molecule has 5 heterocycles. The van der Waals surface area contributed by atoms with Gasteiger partial charge >= 0.3 is 5.97 Å². The minimum atomic E-state index is -0.313. The van der Waals surface area contributed by atoms with Crippen molar-refractivity contribution < 1.29 is 23.1 Å². The molecule has 0 fully saturated rings. The number of unbranched alkanes of at least 4 members (excludes halogenated alkanes) is 2. The Balaban J connectivity index is 0.000000141. The Morgan fingerprint density at radius 3 is 1.17 bits per heavy atom. The summed E-state index contributed by atoms with van der Waals surface area (Å²) in [4.78, 5) is 80.6. The van der Waals surface area contributed by atoms with Crippen molar-refractivity contribution >= 4 is 124 Å². The Morgan fingerprint density at radius 1 is 0.369 bits per heavy atom. The summed E-state index contributed by atoms with van der Waals surface area (Å²) in [5.41, 5.74) is 17.4. The summed E-state index contributed by atoms with van der Waals surface area (Å²) in [7, 11) is 15.7. The SMILES string of the molecule is CCN(CC)c1nc(-c2ccccc2F)nc2ccccc12.CCOC(=O)CCCCCC(=O)Nc1ccccc1-c1nc(N(C)C)c2ccccc2n1.CN(C)c1nc(-c2ccccc2F)nc2ccccc12.CN(C)c1nc(-c2ccccc2N)nc2ccccc12.CN(C)c1nc(-c2ccccc2NCc2ccccc2)nc2ccc(Cl)cc12. The molecule has 16 rings (SSSR count). The van der Waals surface area contributed by atoms with Crippen LogP contribution in [-0.4, -0.2) is 138 Å². The van der Waals surface area contributed by atoms with Crippen LogP contribution in [0.15, 0.2) is 267 Å². The highest BCUT2D eigenvalue weighted by molar-refractivity contribution is 6.31. The number of rotatable bonds is 23. The van der Waals surface area contributed by atoms with E-state index in [1.54, 1.807) is 43.3 Å². The van der Waals surface area contributed by atoms with Crippen LogP contribution in [-0.2, 0) is 20.9 Å². The third-order valence-electron chi connectivity index (χ3n) is 19.7. The molecule has 620 valence electrons. The number of hydrogen-bond acceptors (Lipinski definition) is 20. The number of para-hydroxylation sites is 7. The highest BCUT2D eigenvalue weighted by atomic mass is 35.5. The van der Waals surface area contributed by atoms with Gasteiger partial charge in [0, 0.05) is 149 Å². The molecule has 0 aliphatic heterocycles. The van der Waals surface area contributed by atoms with Crippen LogP contribution in [0.1, 0.15) is 58.4 Å². The van der Waals surface area contributed by atoms with Gasteiger partial charge in [-0.05, 0) is 167 Å². The van der Waals surface area contributed by atoms with Crippen LogP contribution in [0.5, 0.6) is 0 Å². The third kappa shape index (κ3) is 22.0. The Bertz CT molecular complexity index is 6140. The molecular weight excluding hydrogens is 1550 g/mol. The monoisotopic (exact) mass is 1650 g/mol. The second-order valence-corrected chi connectivity index (χ2v) is 29.7. The molecule has 21 nitrogen and oxygen atoms in total. The molecule has 11 aromatic carbocycles. The van der Waals surface area contributed by atoms with E-state index in [0.717, 1.165) is 138 Å². The lowest BCUT2D eigenvalue weighted by Crippen LogP contribution is -2.23. The first kappa shape index (κ1) is 87.1. The van der Waals surface area contributed by atoms with Gasteiger partial charge in [0.2, 0.25) is 5.91 Å². The van der Waals surface area contributed by atoms with Crippen molar-refractivity contribution in [3.8, 4) is 56.9 Å². The second kappa shape index (κ2) is 42.0. The lowest BCUT2D eigenvalue weighted by atomic mass is 10.1. The summed E-state index contributed by atoms with van der Waals surface area (Å²) in [6.45, 7) is 8.79. The normalized spacial score (nSPS) is 10.8. The molecule has 5 aromatic heterocycles. The smallest absolute Gasteiger partial charge is 0.305 e. The zero-order valence-corrected chi connectivity index (χ0v) is 71.2. The summed E-state index contributed by atoms with van der Waals surface area (Å²) >= 11 is 6.19. The van der Waals surface area contributed by atoms with Crippen LogP contribution in [0, 0.1) is 11.6 Å². The number of nitrogen functional groups attached to an aromatic ring is 1. The first-order chi connectivity index (χ1) is 59.2. The Labute approximate surface area is 715 Å². The van der Waals surface area contributed by atoms with Gasteiger partial charge in [-0.15, -0.1) is 0 Å². The summed E-state index contributed by atoms with van der Waals surface area (Å²) in [6, 6.07) is 84.1. The number of carbonyl (C=O) groups excluding carboxylic acids is 2. The molecule has 0 saturated heterocycles. The number of hydrogen-bond donors (Lipinski definition) is 3. The highest BCUT2D eigenvalue weighted by Crippen LogP contribution is 2.37. The molecule has 0 atom stereocenters. The fourth-order valence-electron chi connectivity index (χ4n) is 13.6. The Kier molecular flexibility index (Phi) is 30.0. The zero-order chi connectivity index (χ0) is 86.2. The van der Waals surface area contributed by atoms with Gasteiger partial charge in [-0.2, -0.15) is 0 Å². The van der Waals surface area contributed by atoms with Gasteiger partial charge in [0.05, 0.1) is 51.0 Å². The van der Waals surface area contributed by atoms with Crippen LogP contribution in [0.3, 0.4) is 0 Å². The van der Waals surface area contributed by atoms with Gasteiger partial charge in [0.15, 0.2) is 29.1 Å². The number of esters is 1. The van der Waals surface area contributed by atoms with Crippen molar-refractivity contribution in [1.82, 2.24) is 49.8 Å². The van der Waals surface area contributed by atoms with Crippen molar-refractivity contribution in [3.05, 3.63) is 289 Å². The number of nitrogens with two attached hydrogens (primary N) is 1. The molecule has 0 saturated carbocycles. The maximum atomic E-state index is 14.1.